The highest BCUT2D eigenvalue weighted by atomic mass is 16.9. The normalized spacial score (nSPS) is 12.7. The van der Waals surface area contributed by atoms with E-state index < -0.39 is 5.09 Å². The molecule has 0 unspecified atom stereocenters. The molecule has 0 atom stereocenters. The van der Waals surface area contributed by atoms with E-state index in [2.05, 4.69) is 23.6 Å². The smallest absolute Gasteiger partial charge is 0.291 e. The first-order chi connectivity index (χ1) is 7.63. The van der Waals surface area contributed by atoms with Crippen LogP contribution >= 0.6 is 0 Å². The van der Waals surface area contributed by atoms with Crippen molar-refractivity contribution in [2.45, 2.75) is 12.8 Å². The number of anilines is 1. The standard InChI is InChI=1S/C10H12N2.HNO3/c11-12-10-6-4-9(5-7-10)8-2-1-3-8;2-1(3)4/h2,4-7,12H,1,3,11H2;(H,2,3,4). The lowest BCUT2D eigenvalue weighted by molar-refractivity contribution is -0.742. The molecule has 2 rings (SSSR count). The maximum absolute atomic E-state index is 8.36. The van der Waals surface area contributed by atoms with E-state index >= 15 is 0 Å². The summed E-state index contributed by atoms with van der Waals surface area (Å²) in [6.45, 7) is 0. The number of hydrazine groups is 1. The van der Waals surface area contributed by atoms with Gasteiger partial charge < -0.3 is 10.6 Å². The number of nitrogens with zero attached hydrogens (tertiary/aromatic N) is 1. The number of rotatable bonds is 2. The summed E-state index contributed by atoms with van der Waals surface area (Å²) in [7, 11) is 0. The predicted molar refractivity (Wildman–Crippen MR) is 60.2 cm³/mol. The summed E-state index contributed by atoms with van der Waals surface area (Å²) in [5, 5.41) is 13.6. The topological polar surface area (TPSA) is 101 Å². The van der Waals surface area contributed by atoms with Crippen LogP contribution in [-0.4, -0.2) is 10.3 Å². The Morgan fingerprint density at radius 3 is 2.19 bits per heavy atom. The number of allylic oxidation sites excluding steroid dienone is 2. The first-order valence-corrected chi connectivity index (χ1v) is 4.73. The summed E-state index contributed by atoms with van der Waals surface area (Å²) >= 11 is 0. The summed E-state index contributed by atoms with van der Waals surface area (Å²) in [5.41, 5.74) is 6.34. The van der Waals surface area contributed by atoms with E-state index in [0.29, 0.717) is 0 Å². The molecule has 86 valence electrons. The molecule has 6 heteroatoms. The van der Waals surface area contributed by atoms with Crippen LogP contribution in [0.1, 0.15) is 18.4 Å². The van der Waals surface area contributed by atoms with E-state index in [4.69, 9.17) is 21.2 Å². The van der Waals surface area contributed by atoms with Gasteiger partial charge in [0.1, 0.15) is 0 Å². The minimum atomic E-state index is -1.50. The van der Waals surface area contributed by atoms with Crippen LogP contribution in [0, 0.1) is 10.1 Å². The van der Waals surface area contributed by atoms with Crippen molar-refractivity contribution in [1.82, 2.24) is 0 Å². The van der Waals surface area contributed by atoms with E-state index in [-0.39, 0.29) is 0 Å². The minimum absolute atomic E-state index is 0.957. The van der Waals surface area contributed by atoms with Crippen molar-refractivity contribution in [3.05, 3.63) is 46.0 Å². The fourth-order valence-corrected chi connectivity index (χ4v) is 1.33. The van der Waals surface area contributed by atoms with Gasteiger partial charge in [0.25, 0.3) is 5.09 Å². The van der Waals surface area contributed by atoms with Crippen LogP contribution in [0.15, 0.2) is 30.3 Å². The van der Waals surface area contributed by atoms with Gasteiger partial charge in [-0.1, -0.05) is 18.2 Å². The fraction of sp³-hybridized carbons (Fsp3) is 0.200. The minimum Gasteiger partial charge on any atom is -0.328 e. The highest BCUT2D eigenvalue weighted by molar-refractivity contribution is 5.70. The molecule has 16 heavy (non-hydrogen) atoms. The van der Waals surface area contributed by atoms with Crippen LogP contribution < -0.4 is 11.3 Å². The Hall–Kier alpha value is -2.08. The van der Waals surface area contributed by atoms with Crippen molar-refractivity contribution >= 4 is 11.3 Å². The molecule has 0 aliphatic heterocycles. The van der Waals surface area contributed by atoms with Crippen molar-refractivity contribution in [3.63, 3.8) is 0 Å². The van der Waals surface area contributed by atoms with Crippen LogP contribution in [0.3, 0.4) is 0 Å². The molecule has 0 spiro atoms. The second kappa shape index (κ2) is 5.72. The van der Waals surface area contributed by atoms with Crippen LogP contribution in [0.2, 0.25) is 0 Å². The zero-order valence-electron chi connectivity index (χ0n) is 8.59. The second-order valence-corrected chi connectivity index (χ2v) is 3.23. The number of nitrogens with one attached hydrogen (secondary N) is 1. The largest absolute Gasteiger partial charge is 0.328 e. The molecule has 6 nitrogen and oxygen atoms in total. The van der Waals surface area contributed by atoms with Gasteiger partial charge in [-0.3, -0.25) is 5.84 Å². The van der Waals surface area contributed by atoms with Gasteiger partial charge in [0.2, 0.25) is 0 Å². The molecule has 4 N–H and O–H groups in total. The lowest BCUT2D eigenvalue weighted by Gasteiger charge is -2.14. The van der Waals surface area contributed by atoms with Crippen molar-refractivity contribution in [2.75, 3.05) is 5.43 Å². The molecule has 0 saturated heterocycles. The molecular formula is C10H13N3O3. The number of nitrogens with two attached hydrogens (primary N) is 1. The summed E-state index contributed by atoms with van der Waals surface area (Å²) in [5.74, 6) is 5.26. The van der Waals surface area contributed by atoms with Crippen LogP contribution in [0.4, 0.5) is 5.69 Å². The van der Waals surface area contributed by atoms with Crippen molar-refractivity contribution in [2.24, 2.45) is 5.84 Å². The molecule has 1 aromatic carbocycles. The van der Waals surface area contributed by atoms with Crippen LogP contribution in [0.25, 0.3) is 5.57 Å². The van der Waals surface area contributed by atoms with Crippen molar-refractivity contribution in [1.29, 1.82) is 0 Å². The molecule has 0 fully saturated rings. The van der Waals surface area contributed by atoms with Crippen LogP contribution in [-0.2, 0) is 0 Å². The average Bonchev–Trinajstić information content (AvgIpc) is 2.15. The van der Waals surface area contributed by atoms with Crippen molar-refractivity contribution in [3.8, 4) is 0 Å². The average molecular weight is 223 g/mol. The molecule has 1 aliphatic carbocycles. The maximum Gasteiger partial charge on any atom is 0.291 e. The van der Waals surface area contributed by atoms with Gasteiger partial charge in [-0.05, 0) is 36.1 Å². The molecule has 0 radical (unpaired) electrons. The first kappa shape index (κ1) is 12.0. The monoisotopic (exact) mass is 223 g/mol. The van der Waals surface area contributed by atoms with Gasteiger partial charge in [0.15, 0.2) is 0 Å². The highest BCUT2D eigenvalue weighted by Crippen LogP contribution is 2.29. The van der Waals surface area contributed by atoms with Gasteiger partial charge in [-0.25, -0.2) is 0 Å². The van der Waals surface area contributed by atoms with E-state index in [0.717, 1.165) is 5.69 Å². The molecule has 1 aromatic rings. The van der Waals surface area contributed by atoms with Gasteiger partial charge in [-0.2, -0.15) is 0 Å². The maximum atomic E-state index is 8.36. The van der Waals surface area contributed by atoms with Gasteiger partial charge in [0, 0.05) is 5.69 Å². The Labute approximate surface area is 92.5 Å². The first-order valence-electron chi connectivity index (χ1n) is 4.73. The zero-order valence-corrected chi connectivity index (χ0v) is 8.59. The Morgan fingerprint density at radius 1 is 1.38 bits per heavy atom. The van der Waals surface area contributed by atoms with E-state index in [1.54, 1.807) is 0 Å². The van der Waals surface area contributed by atoms with Crippen molar-refractivity contribution < 1.29 is 10.3 Å². The molecule has 0 aromatic heterocycles. The highest BCUT2D eigenvalue weighted by Gasteiger charge is 2.07. The van der Waals surface area contributed by atoms with E-state index in [9.17, 15) is 0 Å². The quantitative estimate of drug-likeness (QED) is 0.403. The Morgan fingerprint density at radius 2 is 1.88 bits per heavy atom. The number of hydrogen-bond acceptors (Lipinski definition) is 4. The molecular weight excluding hydrogens is 210 g/mol. The molecule has 0 bridgehead atoms. The Bertz CT molecular complexity index is 383. The number of hydrogen-bond donors (Lipinski definition) is 3. The lowest BCUT2D eigenvalue weighted by atomic mass is 9.92. The predicted octanol–water partition coefficient (Wildman–Crippen LogP) is 1.80. The summed E-state index contributed by atoms with van der Waals surface area (Å²) in [6.07, 6.45) is 4.71. The van der Waals surface area contributed by atoms with E-state index in [1.165, 1.54) is 24.0 Å². The number of benzene rings is 1. The molecule has 0 heterocycles. The SMILES string of the molecule is NNc1ccc(C2=CCC2)cc1.O=[N+]([O-])O. The molecule has 0 saturated carbocycles. The molecule has 0 amide bonds. The fourth-order valence-electron chi connectivity index (χ4n) is 1.33. The summed E-state index contributed by atoms with van der Waals surface area (Å²) < 4.78 is 0. The van der Waals surface area contributed by atoms with Gasteiger partial charge in [0.05, 0.1) is 0 Å². The Balaban J connectivity index is 0.000000280. The third kappa shape index (κ3) is 3.58. The van der Waals surface area contributed by atoms with E-state index in [1.807, 2.05) is 12.1 Å². The second-order valence-electron chi connectivity index (χ2n) is 3.23. The summed E-state index contributed by atoms with van der Waals surface area (Å²) in [4.78, 5) is 8.36. The van der Waals surface area contributed by atoms with Gasteiger partial charge >= 0.3 is 0 Å². The lowest BCUT2D eigenvalue weighted by Crippen LogP contribution is -2.06. The van der Waals surface area contributed by atoms with Gasteiger partial charge in [-0.15, -0.1) is 10.1 Å². The Kier molecular flexibility index (Phi) is 4.28. The zero-order chi connectivity index (χ0) is 12.0. The molecule has 1 aliphatic rings. The summed E-state index contributed by atoms with van der Waals surface area (Å²) in [6, 6.07) is 8.18. The third-order valence-electron chi connectivity index (χ3n) is 2.23. The number of nitrogen functional groups attached to an aromatic ring is 1. The van der Waals surface area contributed by atoms with Crippen LogP contribution in [0.5, 0.6) is 0 Å². The third-order valence-corrected chi connectivity index (χ3v) is 2.23.